The maximum Gasteiger partial charge on any atom is 0.241 e. The number of thioether (sulfide) groups is 1. The van der Waals surface area contributed by atoms with Crippen molar-refractivity contribution in [3.05, 3.63) is 18.2 Å². The van der Waals surface area contributed by atoms with Crippen molar-refractivity contribution in [1.82, 2.24) is 4.98 Å². The number of rotatable bonds is 5. The Balaban J connectivity index is 2.15. The molecule has 0 unspecified atom stereocenters. The molecule has 1 aromatic heterocycles. The zero-order chi connectivity index (χ0) is 14.7. The standard InChI is InChI=1S/C14H19N3OS2/c1-4-8(2)12(15)13(18)16-9-5-6-10-11(7-9)20-14(17-10)19-3/h5-8,12H,4,15H2,1-3H3,(H,16,18)/t8-,12-/m0/s1. The molecule has 1 amide bonds. The molecule has 2 rings (SSSR count). The fourth-order valence-corrected chi connectivity index (χ4v) is 3.34. The van der Waals surface area contributed by atoms with E-state index in [0.717, 1.165) is 26.7 Å². The van der Waals surface area contributed by atoms with Crippen LogP contribution >= 0.6 is 23.1 Å². The summed E-state index contributed by atoms with van der Waals surface area (Å²) in [6.07, 6.45) is 2.89. The van der Waals surface area contributed by atoms with Crippen LogP contribution in [0, 0.1) is 5.92 Å². The van der Waals surface area contributed by atoms with Crippen LogP contribution < -0.4 is 11.1 Å². The van der Waals surface area contributed by atoms with Gasteiger partial charge in [0.1, 0.15) is 0 Å². The van der Waals surface area contributed by atoms with Gasteiger partial charge in [-0.2, -0.15) is 0 Å². The van der Waals surface area contributed by atoms with Crippen molar-refractivity contribution in [2.45, 2.75) is 30.6 Å². The third kappa shape index (κ3) is 3.31. The highest BCUT2D eigenvalue weighted by Gasteiger charge is 2.19. The maximum absolute atomic E-state index is 12.1. The van der Waals surface area contributed by atoms with E-state index >= 15 is 0 Å². The Bertz CT molecular complexity index is 611. The lowest BCUT2D eigenvalue weighted by Crippen LogP contribution is -2.40. The molecule has 0 aliphatic carbocycles. The van der Waals surface area contributed by atoms with Gasteiger partial charge in [0.15, 0.2) is 4.34 Å². The monoisotopic (exact) mass is 309 g/mol. The van der Waals surface area contributed by atoms with Gasteiger partial charge >= 0.3 is 0 Å². The second kappa shape index (κ2) is 6.56. The molecule has 0 bridgehead atoms. The highest BCUT2D eigenvalue weighted by molar-refractivity contribution is 8.00. The molecule has 0 aliphatic rings. The van der Waals surface area contributed by atoms with Crippen molar-refractivity contribution in [3.8, 4) is 0 Å². The minimum absolute atomic E-state index is 0.131. The molecule has 1 heterocycles. The van der Waals surface area contributed by atoms with Crippen LogP contribution in [0.2, 0.25) is 0 Å². The van der Waals surface area contributed by atoms with Gasteiger partial charge < -0.3 is 11.1 Å². The molecule has 3 N–H and O–H groups in total. The van der Waals surface area contributed by atoms with Crippen molar-refractivity contribution in [1.29, 1.82) is 0 Å². The Labute approximate surface area is 127 Å². The molecule has 20 heavy (non-hydrogen) atoms. The molecule has 0 saturated heterocycles. The van der Waals surface area contributed by atoms with Gasteiger partial charge in [-0.15, -0.1) is 11.3 Å². The SMILES string of the molecule is CC[C@H](C)[C@H](N)C(=O)Nc1ccc2nc(SC)sc2c1. The fraction of sp³-hybridized carbons (Fsp3) is 0.429. The largest absolute Gasteiger partial charge is 0.325 e. The zero-order valence-electron chi connectivity index (χ0n) is 11.8. The fourth-order valence-electron chi connectivity index (χ4n) is 1.81. The van der Waals surface area contributed by atoms with E-state index in [9.17, 15) is 4.79 Å². The van der Waals surface area contributed by atoms with E-state index in [0.29, 0.717) is 0 Å². The number of amides is 1. The summed E-state index contributed by atoms with van der Waals surface area (Å²) >= 11 is 3.25. The number of aromatic nitrogens is 1. The molecule has 0 fully saturated rings. The van der Waals surface area contributed by atoms with E-state index in [1.807, 2.05) is 38.3 Å². The normalized spacial score (nSPS) is 14.2. The smallest absolute Gasteiger partial charge is 0.241 e. The summed E-state index contributed by atoms with van der Waals surface area (Å²) in [5.41, 5.74) is 7.67. The van der Waals surface area contributed by atoms with E-state index < -0.39 is 6.04 Å². The second-order valence-electron chi connectivity index (χ2n) is 4.77. The molecular formula is C14H19N3OS2. The molecule has 0 aliphatic heterocycles. The molecule has 0 saturated carbocycles. The molecule has 4 nitrogen and oxygen atoms in total. The van der Waals surface area contributed by atoms with Crippen LogP contribution in [0.15, 0.2) is 22.5 Å². The van der Waals surface area contributed by atoms with Crippen LogP contribution in [0.5, 0.6) is 0 Å². The molecule has 0 spiro atoms. The lowest BCUT2D eigenvalue weighted by atomic mass is 9.99. The van der Waals surface area contributed by atoms with Gasteiger partial charge in [-0.05, 0) is 30.4 Å². The van der Waals surface area contributed by atoms with Crippen LogP contribution in [-0.4, -0.2) is 23.2 Å². The maximum atomic E-state index is 12.1. The minimum Gasteiger partial charge on any atom is -0.325 e. The van der Waals surface area contributed by atoms with Gasteiger partial charge in [-0.25, -0.2) is 4.98 Å². The Morgan fingerprint density at radius 1 is 1.55 bits per heavy atom. The summed E-state index contributed by atoms with van der Waals surface area (Å²) in [7, 11) is 0. The number of anilines is 1. The van der Waals surface area contributed by atoms with Gasteiger partial charge in [-0.3, -0.25) is 4.79 Å². The number of nitrogens with two attached hydrogens (primary N) is 1. The van der Waals surface area contributed by atoms with E-state index in [-0.39, 0.29) is 11.8 Å². The lowest BCUT2D eigenvalue weighted by molar-refractivity contribution is -0.118. The molecule has 108 valence electrons. The van der Waals surface area contributed by atoms with Crippen molar-refractivity contribution < 1.29 is 4.79 Å². The number of nitrogens with one attached hydrogen (secondary N) is 1. The van der Waals surface area contributed by atoms with E-state index in [1.54, 1.807) is 23.1 Å². The number of carbonyl (C=O) groups is 1. The van der Waals surface area contributed by atoms with E-state index in [2.05, 4.69) is 10.3 Å². The van der Waals surface area contributed by atoms with Crippen molar-refractivity contribution in [2.24, 2.45) is 11.7 Å². The molecule has 2 aromatic rings. The summed E-state index contributed by atoms with van der Waals surface area (Å²) in [5.74, 6) is 0.0403. The van der Waals surface area contributed by atoms with Crippen LogP contribution in [0.3, 0.4) is 0 Å². The number of nitrogens with zero attached hydrogens (tertiary/aromatic N) is 1. The van der Waals surface area contributed by atoms with Gasteiger partial charge in [0.05, 0.1) is 16.3 Å². The lowest BCUT2D eigenvalue weighted by Gasteiger charge is -2.17. The average Bonchev–Trinajstić information content (AvgIpc) is 2.87. The van der Waals surface area contributed by atoms with Crippen LogP contribution in [0.4, 0.5) is 5.69 Å². The topological polar surface area (TPSA) is 68.0 Å². The Hall–Kier alpha value is -1.11. The van der Waals surface area contributed by atoms with Crippen molar-refractivity contribution >= 4 is 44.9 Å². The Kier molecular flexibility index (Phi) is 5.01. The van der Waals surface area contributed by atoms with Gasteiger partial charge in [0, 0.05) is 5.69 Å². The number of hydrogen-bond donors (Lipinski definition) is 2. The van der Waals surface area contributed by atoms with E-state index in [4.69, 9.17) is 5.73 Å². The summed E-state index contributed by atoms with van der Waals surface area (Å²) in [4.78, 5) is 16.5. The van der Waals surface area contributed by atoms with Gasteiger partial charge in [-0.1, -0.05) is 32.0 Å². The quantitative estimate of drug-likeness (QED) is 0.831. The highest BCUT2D eigenvalue weighted by Crippen LogP contribution is 2.30. The predicted molar refractivity (Wildman–Crippen MR) is 87.5 cm³/mol. The molecule has 0 radical (unpaired) electrons. The average molecular weight is 309 g/mol. The number of hydrogen-bond acceptors (Lipinski definition) is 5. The van der Waals surface area contributed by atoms with Crippen molar-refractivity contribution in [2.75, 3.05) is 11.6 Å². The summed E-state index contributed by atoms with van der Waals surface area (Å²) in [6, 6.07) is 5.27. The number of fused-ring (bicyclic) bond motifs is 1. The first-order valence-corrected chi connectivity index (χ1v) is 8.60. The summed E-state index contributed by atoms with van der Waals surface area (Å²) < 4.78 is 2.10. The number of thiazole rings is 1. The molecular weight excluding hydrogens is 290 g/mol. The van der Waals surface area contributed by atoms with Crippen LogP contribution in [0.25, 0.3) is 10.2 Å². The third-order valence-electron chi connectivity index (χ3n) is 3.37. The molecule has 1 aromatic carbocycles. The Morgan fingerprint density at radius 2 is 2.30 bits per heavy atom. The summed E-state index contributed by atoms with van der Waals surface area (Å²) in [5, 5.41) is 2.88. The summed E-state index contributed by atoms with van der Waals surface area (Å²) in [6.45, 7) is 4.02. The second-order valence-corrected chi connectivity index (χ2v) is 6.85. The molecule has 6 heteroatoms. The third-order valence-corrected chi connectivity index (χ3v) is 5.37. The molecule has 2 atom stereocenters. The number of benzene rings is 1. The first-order valence-electron chi connectivity index (χ1n) is 6.56. The van der Waals surface area contributed by atoms with Gasteiger partial charge in [0.2, 0.25) is 5.91 Å². The zero-order valence-corrected chi connectivity index (χ0v) is 13.5. The van der Waals surface area contributed by atoms with Gasteiger partial charge in [0.25, 0.3) is 0 Å². The highest BCUT2D eigenvalue weighted by atomic mass is 32.2. The first kappa shape index (κ1) is 15.3. The van der Waals surface area contributed by atoms with Crippen LogP contribution in [-0.2, 0) is 4.79 Å². The Morgan fingerprint density at radius 3 is 2.95 bits per heavy atom. The predicted octanol–water partition coefficient (Wildman–Crippen LogP) is 3.33. The van der Waals surface area contributed by atoms with Crippen molar-refractivity contribution in [3.63, 3.8) is 0 Å². The first-order chi connectivity index (χ1) is 9.55. The number of carbonyl (C=O) groups excluding carboxylic acids is 1. The van der Waals surface area contributed by atoms with E-state index in [1.165, 1.54) is 0 Å². The minimum atomic E-state index is -0.473. The van der Waals surface area contributed by atoms with Crippen LogP contribution in [0.1, 0.15) is 20.3 Å².